The molecule has 2 fully saturated rings. The Balaban J connectivity index is 0.00000259. The van der Waals surface area contributed by atoms with E-state index in [0.717, 1.165) is 52.2 Å². The van der Waals surface area contributed by atoms with Crippen LogP contribution in [0.5, 0.6) is 0 Å². The minimum absolute atomic E-state index is 0. The molecule has 3 aliphatic rings. The topological polar surface area (TPSA) is 65.0 Å². The zero-order chi connectivity index (χ0) is 21.9. The highest BCUT2D eigenvalue weighted by Gasteiger charge is 2.26. The van der Waals surface area contributed by atoms with Gasteiger partial charge in [0.05, 0.1) is 11.4 Å². The van der Waals surface area contributed by atoms with Crippen molar-refractivity contribution in [1.29, 1.82) is 0 Å². The van der Waals surface area contributed by atoms with Crippen LogP contribution in [-0.2, 0) is 0 Å². The molecule has 0 amide bonds. The van der Waals surface area contributed by atoms with Crippen LogP contribution in [0.1, 0.15) is 19.3 Å². The molecule has 2 aromatic rings. The summed E-state index contributed by atoms with van der Waals surface area (Å²) in [5.74, 6) is 0. The van der Waals surface area contributed by atoms with Gasteiger partial charge >= 0.3 is 0 Å². The number of hydrogen-bond acceptors (Lipinski definition) is 7. The Bertz CT molecular complexity index is 927. The molecule has 2 saturated heterocycles. The first-order valence-electron chi connectivity index (χ1n) is 12.1. The average Bonchev–Trinajstić information content (AvgIpc) is 3.37. The Morgan fingerprint density at radius 1 is 0.697 bits per heavy atom. The van der Waals surface area contributed by atoms with E-state index in [1.165, 1.54) is 58.5 Å². The molecule has 0 unspecified atom stereocenters. The monoisotopic (exact) mass is 488 g/mol. The molecule has 8 heteroatoms. The standard InChI is InChI=1S/C25H36N6S.ClH/c26-8-3-12-31-22-6-4-20(29-10-1-2-11-29)18-24(22)32-25-19-21(5-7-23(25)31)30-16-14-28(13-9-27)15-17-30;/h4-7,18-19H,1-3,8-17,26-27H2;1H. The molecule has 0 saturated carbocycles. The molecule has 33 heavy (non-hydrogen) atoms. The van der Waals surface area contributed by atoms with Crippen LogP contribution in [-0.4, -0.2) is 70.3 Å². The molecule has 0 radical (unpaired) electrons. The predicted molar refractivity (Wildman–Crippen MR) is 144 cm³/mol. The molecule has 5 rings (SSSR count). The van der Waals surface area contributed by atoms with Gasteiger partial charge in [-0.1, -0.05) is 11.8 Å². The molecule has 0 bridgehead atoms. The summed E-state index contributed by atoms with van der Waals surface area (Å²) in [6.07, 6.45) is 3.59. The smallest absolute Gasteiger partial charge is 0.0554 e. The number of hydrogen-bond donors (Lipinski definition) is 2. The van der Waals surface area contributed by atoms with E-state index in [1.54, 1.807) is 0 Å². The third-order valence-electron chi connectivity index (χ3n) is 6.93. The quantitative estimate of drug-likeness (QED) is 0.615. The van der Waals surface area contributed by atoms with Gasteiger partial charge < -0.3 is 26.2 Å². The van der Waals surface area contributed by atoms with Crippen molar-refractivity contribution in [3.05, 3.63) is 36.4 Å². The van der Waals surface area contributed by atoms with E-state index in [9.17, 15) is 0 Å². The van der Waals surface area contributed by atoms with Crippen LogP contribution in [0.25, 0.3) is 0 Å². The molecule has 3 heterocycles. The Labute approximate surface area is 208 Å². The number of piperazine rings is 1. The van der Waals surface area contributed by atoms with Crippen LogP contribution < -0.4 is 26.2 Å². The van der Waals surface area contributed by atoms with E-state index < -0.39 is 0 Å². The van der Waals surface area contributed by atoms with Gasteiger partial charge in [0.2, 0.25) is 0 Å². The van der Waals surface area contributed by atoms with Crippen LogP contribution in [0.2, 0.25) is 0 Å². The highest BCUT2D eigenvalue weighted by atomic mass is 35.5. The summed E-state index contributed by atoms with van der Waals surface area (Å²) in [4.78, 5) is 12.7. The van der Waals surface area contributed by atoms with Crippen molar-refractivity contribution < 1.29 is 0 Å². The number of nitrogens with two attached hydrogens (primary N) is 2. The van der Waals surface area contributed by atoms with Gasteiger partial charge in [0.1, 0.15) is 0 Å². The molecule has 0 atom stereocenters. The number of rotatable bonds is 7. The maximum absolute atomic E-state index is 5.89. The Morgan fingerprint density at radius 2 is 1.27 bits per heavy atom. The minimum Gasteiger partial charge on any atom is -0.372 e. The number of anilines is 4. The molecule has 6 nitrogen and oxygen atoms in total. The third-order valence-corrected chi connectivity index (χ3v) is 8.02. The van der Waals surface area contributed by atoms with E-state index in [4.69, 9.17) is 11.5 Å². The SMILES string of the molecule is Cl.NCCCN1c2ccc(N3CCCC3)cc2Sc2cc(N3CCN(CCN)CC3)ccc21. The van der Waals surface area contributed by atoms with Gasteiger partial charge in [-0.3, -0.25) is 4.90 Å². The summed E-state index contributed by atoms with van der Waals surface area (Å²) < 4.78 is 0. The maximum atomic E-state index is 5.89. The first-order valence-corrected chi connectivity index (χ1v) is 12.9. The van der Waals surface area contributed by atoms with Gasteiger partial charge in [0, 0.05) is 80.1 Å². The number of nitrogens with zero attached hydrogens (tertiary/aromatic N) is 4. The number of benzene rings is 2. The van der Waals surface area contributed by atoms with Crippen molar-refractivity contribution in [2.45, 2.75) is 29.1 Å². The molecule has 0 aromatic heterocycles. The summed E-state index contributed by atoms with van der Waals surface area (Å²) in [6, 6.07) is 14.1. The minimum atomic E-state index is 0. The fourth-order valence-electron chi connectivity index (χ4n) is 5.13. The van der Waals surface area contributed by atoms with E-state index in [2.05, 4.69) is 56.0 Å². The van der Waals surface area contributed by atoms with Crippen molar-refractivity contribution in [2.75, 3.05) is 80.1 Å². The van der Waals surface area contributed by atoms with Gasteiger partial charge in [-0.25, -0.2) is 0 Å². The van der Waals surface area contributed by atoms with Gasteiger partial charge in [-0.2, -0.15) is 0 Å². The molecule has 180 valence electrons. The third kappa shape index (κ3) is 5.23. The lowest BCUT2D eigenvalue weighted by Gasteiger charge is -2.37. The summed E-state index contributed by atoms with van der Waals surface area (Å²) in [6.45, 7) is 10.1. The first-order chi connectivity index (χ1) is 15.8. The fraction of sp³-hybridized carbons (Fsp3) is 0.520. The van der Waals surface area contributed by atoms with Crippen LogP contribution in [0, 0.1) is 0 Å². The Morgan fingerprint density at radius 3 is 1.82 bits per heavy atom. The fourth-order valence-corrected chi connectivity index (χ4v) is 6.30. The molecule has 0 spiro atoms. The second-order valence-electron chi connectivity index (χ2n) is 9.01. The van der Waals surface area contributed by atoms with Crippen LogP contribution >= 0.6 is 24.2 Å². The first kappa shape index (κ1) is 24.5. The normalized spacial score (nSPS) is 18.2. The lowest BCUT2D eigenvalue weighted by Crippen LogP contribution is -2.47. The number of fused-ring (bicyclic) bond motifs is 2. The zero-order valence-electron chi connectivity index (χ0n) is 19.4. The lowest BCUT2D eigenvalue weighted by atomic mass is 10.1. The second-order valence-corrected chi connectivity index (χ2v) is 10.1. The van der Waals surface area contributed by atoms with Crippen molar-refractivity contribution in [3.8, 4) is 0 Å². The van der Waals surface area contributed by atoms with Crippen LogP contribution in [0.15, 0.2) is 46.2 Å². The second kappa shape index (κ2) is 11.2. The van der Waals surface area contributed by atoms with Crippen LogP contribution in [0.3, 0.4) is 0 Å². The van der Waals surface area contributed by atoms with Crippen LogP contribution in [0.4, 0.5) is 22.7 Å². The summed E-state index contributed by atoms with van der Waals surface area (Å²) in [5, 5.41) is 0. The summed E-state index contributed by atoms with van der Waals surface area (Å²) >= 11 is 1.93. The molecule has 0 aliphatic carbocycles. The molecule has 2 aromatic carbocycles. The molecule has 4 N–H and O–H groups in total. The van der Waals surface area contributed by atoms with Crippen molar-refractivity contribution in [1.82, 2.24) is 4.90 Å². The Kier molecular flexibility index (Phi) is 8.30. The van der Waals surface area contributed by atoms with Gasteiger partial charge in [0.25, 0.3) is 0 Å². The van der Waals surface area contributed by atoms with Crippen molar-refractivity contribution in [2.24, 2.45) is 11.5 Å². The Hall–Kier alpha value is -1.64. The predicted octanol–water partition coefficient (Wildman–Crippen LogP) is 3.74. The highest BCUT2D eigenvalue weighted by Crippen LogP contribution is 2.50. The summed E-state index contributed by atoms with van der Waals surface area (Å²) in [5.41, 5.74) is 17.0. The zero-order valence-corrected chi connectivity index (χ0v) is 21.0. The molecular formula is C25H37ClN6S. The van der Waals surface area contributed by atoms with Gasteiger partial charge in [0.15, 0.2) is 0 Å². The summed E-state index contributed by atoms with van der Waals surface area (Å²) in [7, 11) is 0. The van der Waals surface area contributed by atoms with E-state index in [1.807, 2.05) is 11.8 Å². The van der Waals surface area contributed by atoms with Crippen molar-refractivity contribution in [3.63, 3.8) is 0 Å². The van der Waals surface area contributed by atoms with Crippen molar-refractivity contribution >= 4 is 46.9 Å². The average molecular weight is 489 g/mol. The van der Waals surface area contributed by atoms with E-state index in [-0.39, 0.29) is 12.4 Å². The molecule has 3 aliphatic heterocycles. The van der Waals surface area contributed by atoms with Gasteiger partial charge in [-0.05, 0) is 62.2 Å². The highest BCUT2D eigenvalue weighted by molar-refractivity contribution is 7.99. The van der Waals surface area contributed by atoms with E-state index >= 15 is 0 Å². The largest absolute Gasteiger partial charge is 0.372 e. The lowest BCUT2D eigenvalue weighted by molar-refractivity contribution is 0.265. The molecular weight excluding hydrogens is 452 g/mol. The maximum Gasteiger partial charge on any atom is 0.0554 e. The van der Waals surface area contributed by atoms with Gasteiger partial charge in [-0.15, -0.1) is 12.4 Å². The van der Waals surface area contributed by atoms with E-state index in [0.29, 0.717) is 6.54 Å². The number of halogens is 1.